The molecule has 1 saturated heterocycles. The molecule has 20 heavy (non-hydrogen) atoms. The predicted molar refractivity (Wildman–Crippen MR) is 72.8 cm³/mol. The summed E-state index contributed by atoms with van der Waals surface area (Å²) in [6.45, 7) is 0.435. The van der Waals surface area contributed by atoms with E-state index in [9.17, 15) is 14.0 Å². The molecule has 1 aromatic carbocycles. The molecule has 106 valence electrons. The van der Waals surface area contributed by atoms with Crippen LogP contribution in [0, 0.1) is 5.82 Å². The SMILES string of the molecule is O=C(O)[C@@H]1CCCN1C(=O)/C=C/c1ccc(F)c(Cl)c1. The first-order chi connectivity index (χ1) is 9.49. The molecule has 0 aromatic heterocycles. The average molecular weight is 298 g/mol. The highest BCUT2D eigenvalue weighted by Gasteiger charge is 2.32. The van der Waals surface area contributed by atoms with Crippen LogP contribution in [0.15, 0.2) is 24.3 Å². The molecule has 1 N–H and O–H groups in total. The van der Waals surface area contributed by atoms with E-state index in [-0.39, 0.29) is 10.9 Å². The standard InChI is InChI=1S/C14H13ClFNO3/c15-10-8-9(3-5-11(10)16)4-6-13(18)17-7-1-2-12(17)14(19)20/h3-6,8,12H,1-2,7H2,(H,19,20)/b6-4+/t12-/m0/s1. The van der Waals surface area contributed by atoms with Gasteiger partial charge in [0.2, 0.25) is 5.91 Å². The Labute approximate surface area is 120 Å². The second kappa shape index (κ2) is 6.05. The molecule has 0 spiro atoms. The van der Waals surface area contributed by atoms with Gasteiger partial charge in [0.15, 0.2) is 0 Å². The molecule has 0 unspecified atom stereocenters. The molecular formula is C14H13ClFNO3. The van der Waals surface area contributed by atoms with Crippen molar-refractivity contribution in [3.8, 4) is 0 Å². The monoisotopic (exact) mass is 297 g/mol. The van der Waals surface area contributed by atoms with Gasteiger partial charge in [0.1, 0.15) is 11.9 Å². The Balaban J connectivity index is 2.08. The molecule has 0 radical (unpaired) electrons. The van der Waals surface area contributed by atoms with E-state index >= 15 is 0 Å². The normalized spacial score (nSPS) is 18.7. The fourth-order valence-corrected chi connectivity index (χ4v) is 2.36. The minimum atomic E-state index is -0.992. The summed E-state index contributed by atoms with van der Waals surface area (Å²) in [5.41, 5.74) is 0.579. The molecule has 0 saturated carbocycles. The average Bonchev–Trinajstić information content (AvgIpc) is 2.89. The number of hydrogen-bond donors (Lipinski definition) is 1. The van der Waals surface area contributed by atoms with E-state index < -0.39 is 17.8 Å². The lowest BCUT2D eigenvalue weighted by Crippen LogP contribution is -2.39. The Bertz CT molecular complexity index is 574. The highest BCUT2D eigenvalue weighted by molar-refractivity contribution is 6.30. The lowest BCUT2D eigenvalue weighted by Gasteiger charge is -2.19. The van der Waals surface area contributed by atoms with Crippen LogP contribution >= 0.6 is 11.6 Å². The summed E-state index contributed by atoms with van der Waals surface area (Å²) < 4.78 is 13.0. The number of carboxylic acids is 1. The van der Waals surface area contributed by atoms with Crippen LogP contribution < -0.4 is 0 Å². The summed E-state index contributed by atoms with van der Waals surface area (Å²) in [5, 5.41) is 8.98. The minimum Gasteiger partial charge on any atom is -0.480 e. The quantitative estimate of drug-likeness (QED) is 0.872. The van der Waals surface area contributed by atoms with Gasteiger partial charge in [-0.3, -0.25) is 4.79 Å². The number of rotatable bonds is 3. The fraction of sp³-hybridized carbons (Fsp3) is 0.286. The lowest BCUT2D eigenvalue weighted by atomic mass is 10.2. The van der Waals surface area contributed by atoms with Crippen LogP contribution in [0.2, 0.25) is 5.02 Å². The van der Waals surface area contributed by atoms with E-state index in [4.69, 9.17) is 16.7 Å². The number of carbonyl (C=O) groups excluding carboxylic acids is 1. The van der Waals surface area contributed by atoms with E-state index in [1.165, 1.54) is 35.3 Å². The number of likely N-dealkylation sites (tertiary alicyclic amines) is 1. The number of halogens is 2. The van der Waals surface area contributed by atoms with Crippen molar-refractivity contribution in [2.24, 2.45) is 0 Å². The minimum absolute atomic E-state index is 0.0239. The number of amides is 1. The van der Waals surface area contributed by atoms with Gasteiger partial charge in [-0.05, 0) is 36.6 Å². The molecule has 1 aromatic rings. The van der Waals surface area contributed by atoms with Crippen LogP contribution in [0.4, 0.5) is 4.39 Å². The molecule has 1 aliphatic rings. The number of hydrogen-bond acceptors (Lipinski definition) is 2. The van der Waals surface area contributed by atoms with E-state index in [1.807, 2.05) is 0 Å². The third-order valence-electron chi connectivity index (χ3n) is 3.18. The first-order valence-corrected chi connectivity index (χ1v) is 6.53. The van der Waals surface area contributed by atoms with Crippen LogP contribution in [0.1, 0.15) is 18.4 Å². The maximum atomic E-state index is 13.0. The fourth-order valence-electron chi connectivity index (χ4n) is 2.17. The van der Waals surface area contributed by atoms with E-state index in [1.54, 1.807) is 0 Å². The summed E-state index contributed by atoms with van der Waals surface area (Å²) in [4.78, 5) is 24.3. The number of aliphatic carboxylic acids is 1. The Morgan fingerprint density at radius 1 is 1.45 bits per heavy atom. The second-order valence-electron chi connectivity index (χ2n) is 4.53. The molecule has 1 heterocycles. The Kier molecular flexibility index (Phi) is 4.39. The molecule has 0 aliphatic carbocycles. The van der Waals surface area contributed by atoms with Gasteiger partial charge in [0.25, 0.3) is 0 Å². The first kappa shape index (κ1) is 14.5. The smallest absolute Gasteiger partial charge is 0.326 e. The topological polar surface area (TPSA) is 57.6 Å². The molecule has 4 nitrogen and oxygen atoms in total. The maximum Gasteiger partial charge on any atom is 0.326 e. The van der Waals surface area contributed by atoms with Crippen molar-refractivity contribution in [2.75, 3.05) is 6.54 Å². The van der Waals surface area contributed by atoms with Gasteiger partial charge in [-0.2, -0.15) is 0 Å². The van der Waals surface area contributed by atoms with Gasteiger partial charge < -0.3 is 10.0 Å². The molecule has 1 aliphatic heterocycles. The van der Waals surface area contributed by atoms with Crippen molar-refractivity contribution in [2.45, 2.75) is 18.9 Å². The van der Waals surface area contributed by atoms with Crippen LogP contribution in [0.3, 0.4) is 0 Å². The van der Waals surface area contributed by atoms with E-state index in [2.05, 4.69) is 0 Å². The van der Waals surface area contributed by atoms with Gasteiger partial charge in [0.05, 0.1) is 5.02 Å². The van der Waals surface area contributed by atoms with Crippen molar-refractivity contribution in [3.63, 3.8) is 0 Å². The summed E-state index contributed by atoms with van der Waals surface area (Å²) in [5.74, 6) is -1.88. The third-order valence-corrected chi connectivity index (χ3v) is 3.47. The summed E-state index contributed by atoms with van der Waals surface area (Å²) in [7, 11) is 0. The Morgan fingerprint density at radius 2 is 2.20 bits per heavy atom. The highest BCUT2D eigenvalue weighted by atomic mass is 35.5. The Morgan fingerprint density at radius 3 is 2.85 bits per heavy atom. The van der Waals surface area contributed by atoms with Crippen molar-refractivity contribution in [1.82, 2.24) is 4.90 Å². The molecule has 0 bridgehead atoms. The van der Waals surface area contributed by atoms with Crippen LogP contribution in [0.5, 0.6) is 0 Å². The van der Waals surface area contributed by atoms with Crippen LogP contribution in [0.25, 0.3) is 6.08 Å². The van der Waals surface area contributed by atoms with Crippen LogP contribution in [-0.2, 0) is 9.59 Å². The zero-order valence-corrected chi connectivity index (χ0v) is 11.3. The summed E-state index contributed by atoms with van der Waals surface area (Å²) in [6.07, 6.45) is 3.92. The van der Waals surface area contributed by atoms with Crippen molar-refractivity contribution in [1.29, 1.82) is 0 Å². The number of nitrogens with zero attached hydrogens (tertiary/aromatic N) is 1. The van der Waals surface area contributed by atoms with E-state index in [0.717, 1.165) is 0 Å². The maximum absolute atomic E-state index is 13.0. The van der Waals surface area contributed by atoms with Gasteiger partial charge in [-0.1, -0.05) is 17.7 Å². The number of benzene rings is 1. The third kappa shape index (κ3) is 3.17. The molecule has 1 fully saturated rings. The largest absolute Gasteiger partial charge is 0.480 e. The van der Waals surface area contributed by atoms with Crippen molar-refractivity contribution < 1.29 is 19.1 Å². The molecule has 6 heteroatoms. The van der Waals surface area contributed by atoms with Crippen molar-refractivity contribution in [3.05, 3.63) is 40.7 Å². The molecule has 1 amide bonds. The second-order valence-corrected chi connectivity index (χ2v) is 4.94. The van der Waals surface area contributed by atoms with Gasteiger partial charge in [0, 0.05) is 12.6 Å². The highest BCUT2D eigenvalue weighted by Crippen LogP contribution is 2.19. The van der Waals surface area contributed by atoms with Crippen LogP contribution in [-0.4, -0.2) is 34.5 Å². The van der Waals surface area contributed by atoms with Gasteiger partial charge in [-0.25, -0.2) is 9.18 Å². The summed E-state index contributed by atoms with van der Waals surface area (Å²) >= 11 is 5.64. The molecule has 2 rings (SSSR count). The predicted octanol–water partition coefficient (Wildman–Crippen LogP) is 2.57. The van der Waals surface area contributed by atoms with Gasteiger partial charge >= 0.3 is 5.97 Å². The number of carbonyl (C=O) groups is 2. The Hall–Kier alpha value is -1.88. The first-order valence-electron chi connectivity index (χ1n) is 6.15. The lowest BCUT2D eigenvalue weighted by molar-refractivity contribution is -0.146. The zero-order valence-electron chi connectivity index (χ0n) is 10.6. The zero-order chi connectivity index (χ0) is 14.7. The van der Waals surface area contributed by atoms with Gasteiger partial charge in [-0.15, -0.1) is 0 Å². The summed E-state index contributed by atoms with van der Waals surface area (Å²) in [6, 6.07) is 3.34. The molecular weight excluding hydrogens is 285 g/mol. The number of carboxylic acid groups (broad SMARTS) is 1. The van der Waals surface area contributed by atoms with E-state index in [0.29, 0.717) is 24.9 Å². The molecule has 1 atom stereocenters. The van der Waals surface area contributed by atoms with Crippen molar-refractivity contribution >= 4 is 29.6 Å².